The third-order valence-electron chi connectivity index (χ3n) is 1.63. The molecule has 1 aromatic heterocycles. The van der Waals surface area contributed by atoms with Crippen LogP contribution in [0, 0.1) is 0 Å². The molecule has 0 aromatic carbocycles. The molecule has 0 spiro atoms. The normalized spacial score (nSPS) is 12.8. The smallest absolute Gasteiger partial charge is 0.168 e. The zero-order valence-electron chi connectivity index (χ0n) is 6.90. The second-order valence-electron chi connectivity index (χ2n) is 2.70. The summed E-state index contributed by atoms with van der Waals surface area (Å²) in [6, 6.07) is 0. The van der Waals surface area contributed by atoms with Gasteiger partial charge in [-0.1, -0.05) is 0 Å². The highest BCUT2D eigenvalue weighted by atomic mass is 19.1. The Balaban J connectivity index is 2.56. The van der Waals surface area contributed by atoms with E-state index < -0.39 is 6.17 Å². The fraction of sp³-hybridized carbons (Fsp3) is 0.500. The molecule has 0 aliphatic heterocycles. The quantitative estimate of drug-likeness (QED) is 0.641. The number of nitrogens with zero attached hydrogens (tertiary/aromatic N) is 2. The van der Waals surface area contributed by atoms with Gasteiger partial charge in [0.15, 0.2) is 6.29 Å². The number of rotatable bonds is 4. The molecular formula is C8H11FN2O. The molecule has 1 aromatic rings. The standard InChI is InChI=1S/C8H11FN2O/c1-7(9)2-3-11-6-10-4-8(11)5-12/h4-7H,2-3H2,1H3. The van der Waals surface area contributed by atoms with Crippen LogP contribution in [0.15, 0.2) is 12.5 Å². The van der Waals surface area contributed by atoms with Crippen molar-refractivity contribution in [2.45, 2.75) is 26.1 Å². The Morgan fingerprint density at radius 1 is 1.83 bits per heavy atom. The molecule has 12 heavy (non-hydrogen) atoms. The molecule has 1 atom stereocenters. The van der Waals surface area contributed by atoms with E-state index in [1.54, 1.807) is 4.57 Å². The van der Waals surface area contributed by atoms with E-state index in [2.05, 4.69) is 4.98 Å². The first-order valence-corrected chi connectivity index (χ1v) is 3.83. The summed E-state index contributed by atoms with van der Waals surface area (Å²) < 4.78 is 14.0. The van der Waals surface area contributed by atoms with Crippen LogP contribution in [0.1, 0.15) is 23.8 Å². The van der Waals surface area contributed by atoms with E-state index in [1.165, 1.54) is 19.4 Å². The lowest BCUT2D eigenvalue weighted by atomic mass is 10.3. The van der Waals surface area contributed by atoms with Crippen molar-refractivity contribution < 1.29 is 9.18 Å². The maximum absolute atomic E-state index is 12.4. The molecular weight excluding hydrogens is 159 g/mol. The number of aldehydes is 1. The minimum absolute atomic E-state index is 0.414. The van der Waals surface area contributed by atoms with Crippen molar-refractivity contribution >= 4 is 6.29 Å². The van der Waals surface area contributed by atoms with Crippen LogP contribution in [-0.2, 0) is 6.54 Å². The maximum atomic E-state index is 12.4. The average molecular weight is 170 g/mol. The van der Waals surface area contributed by atoms with Gasteiger partial charge < -0.3 is 4.57 Å². The van der Waals surface area contributed by atoms with Crippen LogP contribution in [0.25, 0.3) is 0 Å². The van der Waals surface area contributed by atoms with Crippen LogP contribution < -0.4 is 0 Å². The molecule has 1 rings (SSSR count). The van der Waals surface area contributed by atoms with E-state index in [9.17, 15) is 9.18 Å². The van der Waals surface area contributed by atoms with Gasteiger partial charge in [0.25, 0.3) is 0 Å². The van der Waals surface area contributed by atoms with Crippen molar-refractivity contribution in [3.8, 4) is 0 Å². The van der Waals surface area contributed by atoms with Crippen LogP contribution in [0.2, 0.25) is 0 Å². The topological polar surface area (TPSA) is 34.9 Å². The zero-order valence-corrected chi connectivity index (χ0v) is 6.90. The molecule has 0 aliphatic carbocycles. The Bertz CT molecular complexity index is 257. The molecule has 0 radical (unpaired) electrons. The summed E-state index contributed by atoms with van der Waals surface area (Å²) in [7, 11) is 0. The fourth-order valence-electron chi connectivity index (χ4n) is 0.933. The molecule has 0 saturated carbocycles. The van der Waals surface area contributed by atoms with Crippen LogP contribution in [0.5, 0.6) is 0 Å². The van der Waals surface area contributed by atoms with Gasteiger partial charge in [0, 0.05) is 6.54 Å². The van der Waals surface area contributed by atoms with Crippen molar-refractivity contribution in [1.82, 2.24) is 9.55 Å². The first kappa shape index (κ1) is 8.90. The molecule has 0 fully saturated rings. The van der Waals surface area contributed by atoms with Gasteiger partial charge in [-0.25, -0.2) is 9.37 Å². The van der Waals surface area contributed by atoms with Crippen molar-refractivity contribution in [3.05, 3.63) is 18.2 Å². The number of alkyl halides is 1. The first-order chi connectivity index (χ1) is 5.74. The highest BCUT2D eigenvalue weighted by molar-refractivity contribution is 5.71. The number of carbonyl (C=O) groups excluding carboxylic acids is 1. The summed E-state index contributed by atoms with van der Waals surface area (Å²) in [4.78, 5) is 14.2. The Morgan fingerprint density at radius 3 is 3.17 bits per heavy atom. The molecule has 0 aliphatic rings. The monoisotopic (exact) mass is 170 g/mol. The Labute approximate surface area is 70.2 Å². The lowest BCUT2D eigenvalue weighted by molar-refractivity contribution is 0.111. The Kier molecular flexibility index (Phi) is 2.96. The molecule has 1 unspecified atom stereocenters. The number of hydrogen-bond acceptors (Lipinski definition) is 2. The number of carbonyl (C=O) groups is 1. The van der Waals surface area contributed by atoms with Gasteiger partial charge in [-0.2, -0.15) is 0 Å². The zero-order chi connectivity index (χ0) is 8.97. The van der Waals surface area contributed by atoms with Crippen LogP contribution in [0.4, 0.5) is 4.39 Å². The number of halogens is 1. The number of hydrogen-bond donors (Lipinski definition) is 0. The largest absolute Gasteiger partial charge is 0.328 e. The molecule has 0 N–H and O–H groups in total. The number of imidazole rings is 1. The molecule has 1 heterocycles. The van der Waals surface area contributed by atoms with Crippen molar-refractivity contribution in [1.29, 1.82) is 0 Å². The lowest BCUT2D eigenvalue weighted by Gasteiger charge is -2.03. The predicted octanol–water partition coefficient (Wildman–Crippen LogP) is 1.44. The SMILES string of the molecule is CC(F)CCn1cncc1C=O. The minimum Gasteiger partial charge on any atom is -0.328 e. The van der Waals surface area contributed by atoms with E-state index in [1.807, 2.05) is 0 Å². The van der Waals surface area contributed by atoms with Crippen LogP contribution in [0.3, 0.4) is 0 Å². The Morgan fingerprint density at radius 2 is 2.58 bits per heavy atom. The fourth-order valence-corrected chi connectivity index (χ4v) is 0.933. The summed E-state index contributed by atoms with van der Waals surface area (Å²) in [6.45, 7) is 2.00. The summed E-state index contributed by atoms with van der Waals surface area (Å²) in [5.74, 6) is 0. The van der Waals surface area contributed by atoms with Gasteiger partial charge in [-0.05, 0) is 13.3 Å². The summed E-state index contributed by atoms with van der Waals surface area (Å²) in [6.07, 6.45) is 3.29. The van der Waals surface area contributed by atoms with Crippen molar-refractivity contribution in [2.75, 3.05) is 0 Å². The average Bonchev–Trinajstić information content (AvgIpc) is 2.47. The number of aromatic nitrogens is 2. The maximum Gasteiger partial charge on any atom is 0.168 e. The van der Waals surface area contributed by atoms with Crippen molar-refractivity contribution in [2.24, 2.45) is 0 Å². The third kappa shape index (κ3) is 2.15. The van der Waals surface area contributed by atoms with Crippen LogP contribution >= 0.6 is 0 Å². The molecule has 66 valence electrons. The van der Waals surface area contributed by atoms with E-state index in [4.69, 9.17) is 0 Å². The van der Waals surface area contributed by atoms with Gasteiger partial charge in [0.1, 0.15) is 5.69 Å². The van der Waals surface area contributed by atoms with Gasteiger partial charge in [0.2, 0.25) is 0 Å². The third-order valence-corrected chi connectivity index (χ3v) is 1.63. The molecule has 3 nitrogen and oxygen atoms in total. The van der Waals surface area contributed by atoms with Crippen molar-refractivity contribution in [3.63, 3.8) is 0 Å². The van der Waals surface area contributed by atoms with E-state index in [0.717, 1.165) is 6.29 Å². The van der Waals surface area contributed by atoms with Gasteiger partial charge >= 0.3 is 0 Å². The van der Waals surface area contributed by atoms with Crippen LogP contribution in [-0.4, -0.2) is 22.0 Å². The second-order valence-corrected chi connectivity index (χ2v) is 2.70. The highest BCUT2D eigenvalue weighted by Gasteiger charge is 2.02. The molecule has 0 bridgehead atoms. The second kappa shape index (κ2) is 3.99. The van der Waals surface area contributed by atoms with E-state index >= 15 is 0 Å². The van der Waals surface area contributed by atoms with Gasteiger partial charge in [0.05, 0.1) is 18.7 Å². The highest BCUT2D eigenvalue weighted by Crippen LogP contribution is 2.02. The molecule has 0 saturated heterocycles. The molecule has 0 amide bonds. The van der Waals surface area contributed by atoms with Gasteiger partial charge in [-0.15, -0.1) is 0 Å². The lowest BCUT2D eigenvalue weighted by Crippen LogP contribution is -2.05. The predicted molar refractivity (Wildman–Crippen MR) is 42.8 cm³/mol. The summed E-state index contributed by atoms with van der Waals surface area (Å²) >= 11 is 0. The van der Waals surface area contributed by atoms with Gasteiger partial charge in [-0.3, -0.25) is 4.79 Å². The van der Waals surface area contributed by atoms with E-state index in [-0.39, 0.29) is 0 Å². The number of aryl methyl sites for hydroxylation is 1. The Hall–Kier alpha value is -1.19. The minimum atomic E-state index is -0.841. The summed E-state index contributed by atoms with van der Waals surface area (Å²) in [5.41, 5.74) is 0.496. The van der Waals surface area contributed by atoms with E-state index in [0.29, 0.717) is 18.7 Å². The summed E-state index contributed by atoms with van der Waals surface area (Å²) in [5, 5.41) is 0. The molecule has 4 heteroatoms. The first-order valence-electron chi connectivity index (χ1n) is 3.83.